The van der Waals surface area contributed by atoms with Gasteiger partial charge < -0.3 is 20.3 Å². The standard InChI is InChI=1S/C29H24FN7O2/c1-37(2)15-28(39)33-19-7-17(12-31-13-19)25-11-23-27(14-32-25)35-36-29(23)26-10-22-21(4-3-5-24(22)34-26)16-6-18(30)9-20(38)8-16/h3-14,34,38H,15H2,1-2H3,(H,33,39)(H,35,36). The number of aromatic amines is 2. The van der Waals surface area contributed by atoms with Gasteiger partial charge in [0.2, 0.25) is 5.91 Å². The van der Waals surface area contributed by atoms with Gasteiger partial charge in [-0.2, -0.15) is 5.10 Å². The van der Waals surface area contributed by atoms with Gasteiger partial charge in [0.25, 0.3) is 0 Å². The Labute approximate surface area is 222 Å². The molecule has 39 heavy (non-hydrogen) atoms. The minimum absolute atomic E-state index is 0.132. The van der Waals surface area contributed by atoms with Crippen LogP contribution < -0.4 is 5.32 Å². The number of hydrogen-bond acceptors (Lipinski definition) is 6. The van der Waals surface area contributed by atoms with Crippen molar-refractivity contribution in [1.29, 1.82) is 0 Å². The van der Waals surface area contributed by atoms with Crippen molar-refractivity contribution in [2.75, 3.05) is 26.0 Å². The number of phenols is 1. The van der Waals surface area contributed by atoms with Crippen LogP contribution in [-0.4, -0.2) is 61.7 Å². The van der Waals surface area contributed by atoms with Crippen molar-refractivity contribution >= 4 is 33.4 Å². The topological polar surface area (TPSA) is 123 Å². The quantitative estimate of drug-likeness (QED) is 0.240. The van der Waals surface area contributed by atoms with E-state index in [1.165, 1.54) is 12.1 Å². The Hall–Kier alpha value is -5.09. The van der Waals surface area contributed by atoms with E-state index in [0.29, 0.717) is 22.6 Å². The first kappa shape index (κ1) is 24.3. The minimum atomic E-state index is -0.507. The number of phenolic OH excluding ortho intramolecular Hbond substituents is 1. The lowest BCUT2D eigenvalue weighted by molar-refractivity contribution is -0.116. The van der Waals surface area contributed by atoms with Gasteiger partial charge in [0, 0.05) is 34.1 Å². The Morgan fingerprint density at radius 3 is 2.69 bits per heavy atom. The van der Waals surface area contributed by atoms with Gasteiger partial charge >= 0.3 is 0 Å². The molecule has 0 saturated heterocycles. The Balaban J connectivity index is 1.39. The Kier molecular flexibility index (Phi) is 6.01. The summed E-state index contributed by atoms with van der Waals surface area (Å²) in [6, 6.07) is 15.4. The lowest BCUT2D eigenvalue weighted by Gasteiger charge is -2.10. The number of halogens is 1. The van der Waals surface area contributed by atoms with E-state index in [1.807, 2.05) is 50.5 Å². The van der Waals surface area contributed by atoms with E-state index in [4.69, 9.17) is 0 Å². The molecular weight excluding hydrogens is 497 g/mol. The third-order valence-corrected chi connectivity index (χ3v) is 6.34. The van der Waals surface area contributed by atoms with E-state index in [1.54, 1.807) is 23.5 Å². The minimum Gasteiger partial charge on any atom is -0.508 e. The van der Waals surface area contributed by atoms with Gasteiger partial charge in [0.05, 0.1) is 41.5 Å². The highest BCUT2D eigenvalue weighted by atomic mass is 19.1. The van der Waals surface area contributed by atoms with Crippen LogP contribution >= 0.6 is 0 Å². The summed E-state index contributed by atoms with van der Waals surface area (Å²) in [6.07, 6.45) is 5.00. The van der Waals surface area contributed by atoms with Crippen LogP contribution in [0.2, 0.25) is 0 Å². The Morgan fingerprint density at radius 2 is 1.87 bits per heavy atom. The monoisotopic (exact) mass is 521 g/mol. The molecule has 9 nitrogen and oxygen atoms in total. The molecule has 0 atom stereocenters. The first-order chi connectivity index (χ1) is 18.8. The van der Waals surface area contributed by atoms with Crippen molar-refractivity contribution in [3.63, 3.8) is 0 Å². The van der Waals surface area contributed by atoms with Crippen molar-refractivity contribution < 1.29 is 14.3 Å². The number of pyridine rings is 2. The van der Waals surface area contributed by atoms with E-state index in [2.05, 4.69) is 30.5 Å². The number of likely N-dealkylation sites (N-methyl/N-ethyl adjacent to an activating group) is 1. The predicted octanol–water partition coefficient (Wildman–Crippen LogP) is 5.18. The van der Waals surface area contributed by atoms with Crippen molar-refractivity contribution in [2.45, 2.75) is 0 Å². The zero-order valence-corrected chi connectivity index (χ0v) is 21.2. The second kappa shape index (κ2) is 9.66. The summed E-state index contributed by atoms with van der Waals surface area (Å²) < 4.78 is 14.0. The Morgan fingerprint density at radius 1 is 1.00 bits per heavy atom. The lowest BCUT2D eigenvalue weighted by atomic mass is 10.0. The third kappa shape index (κ3) is 4.80. The maximum Gasteiger partial charge on any atom is 0.238 e. The molecule has 6 aromatic rings. The number of nitrogens with one attached hydrogen (secondary N) is 3. The number of nitrogens with zero attached hydrogens (tertiary/aromatic N) is 4. The number of carbonyl (C=O) groups excluding carboxylic acids is 1. The SMILES string of the molecule is CN(C)CC(=O)Nc1cncc(-c2cc3c(-c4cc5c(-c6cc(O)cc(F)c6)cccc5[nH]4)n[nH]c3cn2)c1. The molecule has 0 radical (unpaired) electrons. The van der Waals surface area contributed by atoms with Crippen molar-refractivity contribution in [1.82, 2.24) is 30.0 Å². The highest BCUT2D eigenvalue weighted by Gasteiger charge is 2.16. The number of carbonyl (C=O) groups is 1. The molecule has 4 heterocycles. The molecule has 10 heteroatoms. The van der Waals surface area contributed by atoms with Gasteiger partial charge in [-0.15, -0.1) is 0 Å². The maximum atomic E-state index is 14.0. The van der Waals surface area contributed by atoms with Crippen molar-refractivity contribution in [3.8, 4) is 39.5 Å². The summed E-state index contributed by atoms with van der Waals surface area (Å²) in [5.74, 6) is -0.773. The zero-order chi connectivity index (χ0) is 27.1. The van der Waals surface area contributed by atoms with E-state index >= 15 is 0 Å². The summed E-state index contributed by atoms with van der Waals surface area (Å²) in [5.41, 5.74) is 6.43. The number of aromatic nitrogens is 5. The fourth-order valence-electron chi connectivity index (χ4n) is 4.68. The fraction of sp³-hybridized carbons (Fsp3) is 0.103. The van der Waals surface area contributed by atoms with Gasteiger partial charge in [-0.25, -0.2) is 4.39 Å². The van der Waals surface area contributed by atoms with Gasteiger partial charge in [0.15, 0.2) is 0 Å². The first-order valence-electron chi connectivity index (χ1n) is 12.2. The molecule has 0 saturated carbocycles. The van der Waals surface area contributed by atoms with E-state index in [9.17, 15) is 14.3 Å². The van der Waals surface area contributed by atoms with Crippen LogP contribution in [0.3, 0.4) is 0 Å². The Bertz CT molecular complexity index is 1840. The van der Waals surface area contributed by atoms with Crippen LogP contribution in [0.25, 0.3) is 55.6 Å². The number of benzene rings is 2. The fourth-order valence-corrected chi connectivity index (χ4v) is 4.68. The predicted molar refractivity (Wildman–Crippen MR) is 149 cm³/mol. The van der Waals surface area contributed by atoms with Crippen molar-refractivity contribution in [3.05, 3.63) is 79.0 Å². The number of amides is 1. The molecule has 2 aromatic carbocycles. The van der Waals surface area contributed by atoms with E-state index < -0.39 is 5.82 Å². The molecule has 0 bridgehead atoms. The van der Waals surface area contributed by atoms with Crippen LogP contribution in [0.5, 0.6) is 5.75 Å². The van der Waals surface area contributed by atoms with Gasteiger partial charge in [-0.3, -0.25) is 19.9 Å². The van der Waals surface area contributed by atoms with Gasteiger partial charge in [-0.1, -0.05) is 12.1 Å². The van der Waals surface area contributed by atoms with Crippen LogP contribution in [0.15, 0.2) is 73.2 Å². The van der Waals surface area contributed by atoms with Crippen LogP contribution in [0.1, 0.15) is 0 Å². The zero-order valence-electron chi connectivity index (χ0n) is 21.2. The highest BCUT2D eigenvalue weighted by Crippen LogP contribution is 2.36. The molecular formula is C29H24FN7O2. The summed E-state index contributed by atoms with van der Waals surface area (Å²) in [5, 5.41) is 22.1. The average Bonchev–Trinajstić information content (AvgIpc) is 3.51. The number of anilines is 1. The molecule has 0 unspecified atom stereocenters. The summed E-state index contributed by atoms with van der Waals surface area (Å²) in [7, 11) is 3.66. The first-order valence-corrected chi connectivity index (χ1v) is 12.2. The summed E-state index contributed by atoms with van der Waals surface area (Å²) in [4.78, 5) is 26.2. The summed E-state index contributed by atoms with van der Waals surface area (Å²) in [6.45, 7) is 0.263. The number of fused-ring (bicyclic) bond motifs is 2. The molecule has 0 aliphatic heterocycles. The van der Waals surface area contributed by atoms with E-state index in [0.717, 1.165) is 44.7 Å². The normalized spacial score (nSPS) is 11.5. The second-order valence-corrected chi connectivity index (χ2v) is 9.58. The largest absolute Gasteiger partial charge is 0.508 e. The smallest absolute Gasteiger partial charge is 0.238 e. The number of aromatic hydroxyl groups is 1. The maximum absolute atomic E-state index is 14.0. The molecule has 0 fully saturated rings. The molecule has 0 aliphatic carbocycles. The molecule has 194 valence electrons. The lowest BCUT2D eigenvalue weighted by Crippen LogP contribution is -2.27. The molecule has 6 rings (SSSR count). The average molecular weight is 522 g/mol. The third-order valence-electron chi connectivity index (χ3n) is 6.34. The molecule has 1 amide bonds. The molecule has 0 aliphatic rings. The molecule has 4 N–H and O–H groups in total. The number of rotatable bonds is 6. The van der Waals surface area contributed by atoms with Gasteiger partial charge in [-0.05, 0) is 61.6 Å². The van der Waals surface area contributed by atoms with Crippen LogP contribution in [0.4, 0.5) is 10.1 Å². The number of hydrogen-bond donors (Lipinski definition) is 4. The summed E-state index contributed by atoms with van der Waals surface area (Å²) >= 11 is 0. The van der Waals surface area contributed by atoms with E-state index in [-0.39, 0.29) is 18.2 Å². The molecule has 4 aromatic heterocycles. The van der Waals surface area contributed by atoms with Crippen molar-refractivity contribution in [2.24, 2.45) is 0 Å². The number of H-pyrrole nitrogens is 2. The highest BCUT2D eigenvalue weighted by molar-refractivity contribution is 6.01. The van der Waals surface area contributed by atoms with Crippen LogP contribution in [0, 0.1) is 5.82 Å². The molecule has 0 spiro atoms. The second-order valence-electron chi connectivity index (χ2n) is 9.58. The van der Waals surface area contributed by atoms with Crippen LogP contribution in [-0.2, 0) is 4.79 Å². The van der Waals surface area contributed by atoms with Gasteiger partial charge in [0.1, 0.15) is 17.3 Å².